The van der Waals surface area contributed by atoms with Gasteiger partial charge in [0.1, 0.15) is 0 Å². The minimum Gasteiger partial charge on any atom is -0.338 e. The molecule has 172 valence electrons. The van der Waals surface area contributed by atoms with Crippen molar-refractivity contribution in [1.29, 1.82) is 0 Å². The average molecular weight is 474 g/mol. The van der Waals surface area contributed by atoms with Gasteiger partial charge >= 0.3 is 0 Å². The van der Waals surface area contributed by atoms with Gasteiger partial charge in [0.2, 0.25) is 5.28 Å². The Labute approximate surface area is 202 Å². The highest BCUT2D eigenvalue weighted by molar-refractivity contribution is 6.28. The Kier molecular flexibility index (Phi) is 6.22. The van der Waals surface area contributed by atoms with Gasteiger partial charge in [-0.15, -0.1) is 0 Å². The van der Waals surface area contributed by atoms with Crippen molar-refractivity contribution in [3.63, 3.8) is 0 Å². The number of nitrogens with one attached hydrogen (secondary N) is 1. The van der Waals surface area contributed by atoms with Gasteiger partial charge in [0.15, 0.2) is 17.0 Å². The number of imidazole rings is 1. The van der Waals surface area contributed by atoms with Crippen LogP contribution < -0.4 is 5.43 Å². The van der Waals surface area contributed by atoms with Gasteiger partial charge in [-0.1, -0.05) is 48.0 Å². The molecule has 0 unspecified atom stereocenters. The maximum atomic E-state index is 12.8. The van der Waals surface area contributed by atoms with Crippen molar-refractivity contribution in [2.45, 2.75) is 25.8 Å². The molecule has 1 aliphatic heterocycles. The summed E-state index contributed by atoms with van der Waals surface area (Å²) in [6, 6.07) is 17.6. The monoisotopic (exact) mass is 473 g/mol. The lowest BCUT2D eigenvalue weighted by atomic mass is 10.0. The number of piperidine rings is 1. The molecular weight excluding hydrogens is 450 g/mol. The lowest BCUT2D eigenvalue weighted by Gasteiger charge is -2.32. The van der Waals surface area contributed by atoms with Crippen molar-refractivity contribution in [3.8, 4) is 0 Å². The molecule has 0 spiro atoms. The van der Waals surface area contributed by atoms with E-state index in [0.29, 0.717) is 30.1 Å². The number of aromatic nitrogens is 4. The number of hydrazone groups is 1. The van der Waals surface area contributed by atoms with Gasteiger partial charge in [-0.25, -0.2) is 4.98 Å². The van der Waals surface area contributed by atoms with Crippen LogP contribution in [0.5, 0.6) is 0 Å². The molecule has 3 heterocycles. The fourth-order valence-electron chi connectivity index (χ4n) is 4.26. The molecule has 34 heavy (non-hydrogen) atoms. The van der Waals surface area contributed by atoms with Gasteiger partial charge in [0.25, 0.3) is 5.91 Å². The Morgan fingerprint density at radius 2 is 1.91 bits per heavy atom. The van der Waals surface area contributed by atoms with E-state index in [1.807, 2.05) is 71.0 Å². The molecule has 2 aromatic carbocycles. The van der Waals surface area contributed by atoms with Crippen molar-refractivity contribution < 1.29 is 4.79 Å². The minimum absolute atomic E-state index is 0.0675. The number of halogens is 1. The third-order valence-electron chi connectivity index (χ3n) is 5.99. The number of rotatable bonds is 5. The number of nitrogens with zero attached hydrogens (tertiary/aromatic N) is 6. The maximum absolute atomic E-state index is 12.8. The van der Waals surface area contributed by atoms with Crippen molar-refractivity contribution in [3.05, 3.63) is 82.9 Å². The summed E-state index contributed by atoms with van der Waals surface area (Å²) in [5, 5.41) is 4.43. The molecule has 0 aliphatic carbocycles. The first-order valence-electron chi connectivity index (χ1n) is 11.2. The first-order chi connectivity index (χ1) is 16.6. The van der Waals surface area contributed by atoms with Gasteiger partial charge in [-0.3, -0.25) is 10.2 Å². The third-order valence-corrected chi connectivity index (χ3v) is 6.16. The van der Waals surface area contributed by atoms with E-state index >= 15 is 0 Å². The van der Waals surface area contributed by atoms with Gasteiger partial charge in [0, 0.05) is 24.7 Å². The van der Waals surface area contributed by atoms with Crippen LogP contribution in [-0.2, 0) is 0 Å². The number of carbonyl (C=O) groups excluding carboxylic acids is 1. The molecule has 0 atom stereocenters. The number of hydrogen-bond donors (Lipinski definition) is 1. The molecule has 0 saturated carbocycles. The SMILES string of the molecule is Cc1cccc(/C=N/Nc2nc(Cl)nc3c2ncn3C2CCN(C(=O)c3ccccc3)CC2)c1. The molecule has 1 N–H and O–H groups in total. The van der Waals surface area contributed by atoms with E-state index in [9.17, 15) is 4.79 Å². The second kappa shape index (κ2) is 9.61. The number of anilines is 1. The third kappa shape index (κ3) is 4.63. The van der Waals surface area contributed by atoms with Crippen molar-refractivity contribution in [2.24, 2.45) is 5.10 Å². The molecule has 1 fully saturated rings. The van der Waals surface area contributed by atoms with E-state index in [-0.39, 0.29) is 17.2 Å². The lowest BCUT2D eigenvalue weighted by molar-refractivity contribution is 0.0696. The lowest BCUT2D eigenvalue weighted by Crippen LogP contribution is -2.39. The zero-order chi connectivity index (χ0) is 23.5. The zero-order valence-corrected chi connectivity index (χ0v) is 19.5. The molecule has 0 bridgehead atoms. The summed E-state index contributed by atoms with van der Waals surface area (Å²) in [4.78, 5) is 27.9. The van der Waals surface area contributed by atoms with Crippen molar-refractivity contribution in [1.82, 2.24) is 24.4 Å². The summed E-state index contributed by atoms with van der Waals surface area (Å²) in [7, 11) is 0. The molecule has 4 aromatic rings. The topological polar surface area (TPSA) is 88.3 Å². The van der Waals surface area contributed by atoms with Gasteiger partial charge in [0.05, 0.1) is 12.5 Å². The number of fused-ring (bicyclic) bond motifs is 1. The maximum Gasteiger partial charge on any atom is 0.253 e. The summed E-state index contributed by atoms with van der Waals surface area (Å²) in [6.07, 6.45) is 5.11. The first kappa shape index (κ1) is 22.0. The summed E-state index contributed by atoms with van der Waals surface area (Å²) in [5.74, 6) is 0.521. The Morgan fingerprint density at radius 3 is 2.68 bits per heavy atom. The number of carbonyl (C=O) groups is 1. The van der Waals surface area contributed by atoms with Crippen LogP contribution in [0, 0.1) is 6.92 Å². The quantitative estimate of drug-likeness (QED) is 0.257. The largest absolute Gasteiger partial charge is 0.338 e. The number of amides is 1. The van der Waals surface area contributed by atoms with Crippen LogP contribution in [0.25, 0.3) is 11.2 Å². The normalized spacial score (nSPS) is 14.7. The summed E-state index contributed by atoms with van der Waals surface area (Å²) in [5.41, 5.74) is 7.07. The number of likely N-dealkylation sites (tertiary alicyclic amines) is 1. The fourth-order valence-corrected chi connectivity index (χ4v) is 4.43. The van der Waals surface area contributed by atoms with Crippen molar-refractivity contribution >= 4 is 40.7 Å². The van der Waals surface area contributed by atoms with Crippen LogP contribution in [0.2, 0.25) is 5.28 Å². The number of aryl methyl sites for hydroxylation is 1. The Balaban J connectivity index is 1.31. The molecule has 1 amide bonds. The van der Waals surface area contributed by atoms with Gasteiger partial charge < -0.3 is 9.47 Å². The van der Waals surface area contributed by atoms with Crippen molar-refractivity contribution in [2.75, 3.05) is 18.5 Å². The van der Waals surface area contributed by atoms with Crippen LogP contribution in [0.3, 0.4) is 0 Å². The Morgan fingerprint density at radius 1 is 1.12 bits per heavy atom. The second-order valence-electron chi connectivity index (χ2n) is 8.34. The van der Waals surface area contributed by atoms with Crippen LogP contribution >= 0.6 is 11.6 Å². The minimum atomic E-state index is 0.0675. The molecule has 2 aromatic heterocycles. The molecule has 1 aliphatic rings. The van der Waals surface area contributed by atoms with E-state index in [1.165, 1.54) is 0 Å². The van der Waals surface area contributed by atoms with Crippen LogP contribution in [-0.4, -0.2) is 49.6 Å². The van der Waals surface area contributed by atoms with E-state index in [0.717, 1.165) is 29.5 Å². The van der Waals surface area contributed by atoms with Crippen LogP contribution in [0.15, 0.2) is 66.0 Å². The molecule has 8 nitrogen and oxygen atoms in total. The molecule has 0 radical (unpaired) electrons. The average Bonchev–Trinajstić information content (AvgIpc) is 3.28. The highest BCUT2D eigenvalue weighted by Gasteiger charge is 2.26. The Bertz CT molecular complexity index is 1340. The number of hydrogen-bond acceptors (Lipinski definition) is 6. The van der Waals surface area contributed by atoms with E-state index in [1.54, 1.807) is 12.5 Å². The Hall–Kier alpha value is -3.78. The predicted octanol–water partition coefficient (Wildman–Crippen LogP) is 4.71. The van der Waals surface area contributed by atoms with E-state index < -0.39 is 0 Å². The van der Waals surface area contributed by atoms with E-state index in [4.69, 9.17) is 11.6 Å². The summed E-state index contributed by atoms with van der Waals surface area (Å²) in [6.45, 7) is 3.37. The highest BCUT2D eigenvalue weighted by atomic mass is 35.5. The fraction of sp³-hybridized carbons (Fsp3) is 0.240. The van der Waals surface area contributed by atoms with Crippen LogP contribution in [0.1, 0.15) is 40.4 Å². The smallest absolute Gasteiger partial charge is 0.253 e. The molecule has 1 saturated heterocycles. The predicted molar refractivity (Wildman–Crippen MR) is 133 cm³/mol. The molecule has 9 heteroatoms. The van der Waals surface area contributed by atoms with Gasteiger partial charge in [-0.2, -0.15) is 15.1 Å². The van der Waals surface area contributed by atoms with Crippen LogP contribution in [0.4, 0.5) is 5.82 Å². The summed E-state index contributed by atoms with van der Waals surface area (Å²) < 4.78 is 2.03. The standard InChI is InChI=1S/C25H24ClN7O/c1-17-6-5-7-18(14-17)15-28-31-22-21-23(30-25(26)29-22)33(16-27-21)20-10-12-32(13-11-20)24(34)19-8-3-2-4-9-19/h2-9,14-16,20H,10-13H2,1H3,(H,29,30,31)/b28-15+. The summed E-state index contributed by atoms with van der Waals surface area (Å²) >= 11 is 6.23. The molecule has 5 rings (SSSR count). The zero-order valence-electron chi connectivity index (χ0n) is 18.7. The number of benzene rings is 2. The molecular formula is C25H24ClN7O. The van der Waals surface area contributed by atoms with Gasteiger partial charge in [-0.05, 0) is 49.1 Å². The second-order valence-corrected chi connectivity index (χ2v) is 8.68. The first-order valence-corrected chi connectivity index (χ1v) is 11.6. The van der Waals surface area contributed by atoms with E-state index in [2.05, 4.69) is 25.5 Å². The highest BCUT2D eigenvalue weighted by Crippen LogP contribution is 2.29.